The van der Waals surface area contributed by atoms with Crippen LogP contribution < -0.4 is 4.74 Å². The maximum atomic E-state index is 12.8. The lowest BCUT2D eigenvalue weighted by molar-refractivity contribution is -0.159. The van der Waals surface area contributed by atoms with Crippen LogP contribution in [-0.4, -0.2) is 45.6 Å². The highest BCUT2D eigenvalue weighted by Gasteiger charge is 2.45. The third kappa shape index (κ3) is 3.05. The number of amides is 1. The molecule has 0 bridgehead atoms. The molecule has 1 amide bonds. The summed E-state index contributed by atoms with van der Waals surface area (Å²) >= 11 is 0. The maximum absolute atomic E-state index is 12.8. The number of rotatable bonds is 5. The number of piperidine rings is 1. The lowest BCUT2D eigenvalue weighted by atomic mass is 9.90. The number of oxazole rings is 1. The first-order chi connectivity index (χ1) is 12.6. The van der Waals surface area contributed by atoms with Crippen molar-refractivity contribution in [2.24, 2.45) is 0 Å². The number of carbonyl (C=O) groups excluding carboxylic acids is 1. The number of likely N-dealkylation sites (tertiary alicyclic amines) is 1. The van der Waals surface area contributed by atoms with Crippen molar-refractivity contribution in [3.05, 3.63) is 48.2 Å². The number of aromatic nitrogens is 1. The van der Waals surface area contributed by atoms with Crippen LogP contribution in [-0.2, 0) is 4.79 Å². The highest BCUT2D eigenvalue weighted by Crippen LogP contribution is 2.42. The summed E-state index contributed by atoms with van der Waals surface area (Å²) in [6.45, 7) is 0.601. The molecule has 1 saturated heterocycles. The molecule has 1 saturated carbocycles. The first-order valence-electron chi connectivity index (χ1n) is 8.79. The molecule has 2 fully saturated rings. The molecule has 4 rings (SSSR count). The number of benzene rings is 1. The van der Waals surface area contributed by atoms with E-state index in [2.05, 4.69) is 4.98 Å². The standard InChI is InChI=1S/C19H20N2O5/c22-17(15-16(13-6-7-13)25-12-20-15)21-10-8-19(9-11-21,18(23)24)26-14-4-2-1-3-5-14/h1-5,12-13H,6-11H2,(H,23,24). The lowest BCUT2D eigenvalue weighted by Gasteiger charge is -2.38. The Bertz CT molecular complexity index is 804. The number of nitrogens with zero attached hydrogens (tertiary/aromatic N) is 2. The van der Waals surface area contributed by atoms with Crippen LogP contribution in [0.5, 0.6) is 5.75 Å². The predicted molar refractivity (Wildman–Crippen MR) is 91.1 cm³/mol. The molecule has 1 aliphatic carbocycles. The Morgan fingerprint density at radius 3 is 2.50 bits per heavy atom. The van der Waals surface area contributed by atoms with Crippen molar-refractivity contribution in [2.45, 2.75) is 37.2 Å². The van der Waals surface area contributed by atoms with Crippen LogP contribution in [0.2, 0.25) is 0 Å². The fourth-order valence-corrected chi connectivity index (χ4v) is 3.35. The van der Waals surface area contributed by atoms with Gasteiger partial charge in [0, 0.05) is 31.8 Å². The minimum absolute atomic E-state index is 0.195. The Kier molecular flexibility index (Phi) is 4.14. The lowest BCUT2D eigenvalue weighted by Crippen LogP contribution is -2.54. The summed E-state index contributed by atoms with van der Waals surface area (Å²) in [6.07, 6.45) is 3.79. The van der Waals surface area contributed by atoms with E-state index in [0.29, 0.717) is 36.2 Å². The number of para-hydroxylation sites is 1. The number of aliphatic carboxylic acids is 1. The van der Waals surface area contributed by atoms with Gasteiger partial charge in [-0.25, -0.2) is 9.78 Å². The summed E-state index contributed by atoms with van der Waals surface area (Å²) in [5.74, 6) is 0.265. The molecule has 1 aromatic heterocycles. The van der Waals surface area contributed by atoms with Gasteiger partial charge in [-0.15, -0.1) is 0 Å². The molecular weight excluding hydrogens is 336 g/mol. The number of ether oxygens (including phenoxy) is 1. The summed E-state index contributed by atoms with van der Waals surface area (Å²) in [5.41, 5.74) is -0.958. The van der Waals surface area contributed by atoms with Crippen LogP contribution in [0.15, 0.2) is 41.1 Å². The highest BCUT2D eigenvalue weighted by atomic mass is 16.5. The van der Waals surface area contributed by atoms with Gasteiger partial charge in [0.25, 0.3) is 5.91 Å². The van der Waals surface area contributed by atoms with Gasteiger partial charge in [-0.05, 0) is 25.0 Å². The monoisotopic (exact) mass is 356 g/mol. The number of hydrogen-bond donors (Lipinski definition) is 1. The van der Waals surface area contributed by atoms with E-state index >= 15 is 0 Å². The molecule has 1 aromatic carbocycles. The fraction of sp³-hybridized carbons (Fsp3) is 0.421. The van der Waals surface area contributed by atoms with E-state index in [0.717, 1.165) is 12.8 Å². The predicted octanol–water partition coefficient (Wildman–Crippen LogP) is 2.69. The van der Waals surface area contributed by atoms with E-state index in [4.69, 9.17) is 9.15 Å². The summed E-state index contributed by atoms with van der Waals surface area (Å²) in [7, 11) is 0. The van der Waals surface area contributed by atoms with Crippen LogP contribution in [0.3, 0.4) is 0 Å². The van der Waals surface area contributed by atoms with Gasteiger partial charge in [0.15, 0.2) is 12.1 Å². The van der Waals surface area contributed by atoms with Gasteiger partial charge < -0.3 is 19.2 Å². The third-order valence-electron chi connectivity index (χ3n) is 5.05. The second-order valence-corrected chi connectivity index (χ2v) is 6.85. The molecule has 1 aliphatic heterocycles. The molecule has 0 radical (unpaired) electrons. The van der Waals surface area contributed by atoms with Crippen molar-refractivity contribution >= 4 is 11.9 Å². The number of carboxylic acids is 1. The van der Waals surface area contributed by atoms with Crippen molar-refractivity contribution in [3.8, 4) is 5.75 Å². The largest absolute Gasteiger partial charge is 0.478 e. The van der Waals surface area contributed by atoms with Crippen LogP contribution in [0, 0.1) is 0 Å². The van der Waals surface area contributed by atoms with Crippen LogP contribution in [0.4, 0.5) is 0 Å². The first kappa shape index (κ1) is 16.6. The van der Waals surface area contributed by atoms with Crippen LogP contribution >= 0.6 is 0 Å². The van der Waals surface area contributed by atoms with Crippen molar-refractivity contribution in [2.75, 3.05) is 13.1 Å². The van der Waals surface area contributed by atoms with Crippen molar-refractivity contribution < 1.29 is 23.8 Å². The minimum Gasteiger partial charge on any atom is -0.478 e. The molecule has 2 aromatic rings. The minimum atomic E-state index is -1.32. The van der Waals surface area contributed by atoms with E-state index in [-0.39, 0.29) is 18.7 Å². The van der Waals surface area contributed by atoms with Crippen LogP contribution in [0.1, 0.15) is 47.8 Å². The van der Waals surface area contributed by atoms with Crippen molar-refractivity contribution in [1.82, 2.24) is 9.88 Å². The average molecular weight is 356 g/mol. The first-order valence-corrected chi connectivity index (χ1v) is 8.79. The molecule has 0 spiro atoms. The quantitative estimate of drug-likeness (QED) is 0.885. The van der Waals surface area contributed by atoms with E-state index < -0.39 is 11.6 Å². The zero-order valence-electron chi connectivity index (χ0n) is 14.3. The van der Waals surface area contributed by atoms with Gasteiger partial charge in [-0.1, -0.05) is 18.2 Å². The van der Waals surface area contributed by atoms with Crippen molar-refractivity contribution in [1.29, 1.82) is 0 Å². The molecule has 7 nitrogen and oxygen atoms in total. The van der Waals surface area contributed by atoms with E-state index in [1.807, 2.05) is 6.07 Å². The summed E-state index contributed by atoms with van der Waals surface area (Å²) in [6, 6.07) is 8.91. The zero-order valence-corrected chi connectivity index (χ0v) is 14.3. The molecule has 7 heteroatoms. The average Bonchev–Trinajstić information content (AvgIpc) is 3.39. The highest BCUT2D eigenvalue weighted by molar-refractivity contribution is 5.93. The van der Waals surface area contributed by atoms with Crippen molar-refractivity contribution in [3.63, 3.8) is 0 Å². The zero-order chi connectivity index (χ0) is 18.1. The second-order valence-electron chi connectivity index (χ2n) is 6.85. The summed E-state index contributed by atoms with van der Waals surface area (Å²) < 4.78 is 11.2. The van der Waals surface area contributed by atoms with E-state index in [1.165, 1.54) is 6.39 Å². The Labute approximate surface area is 150 Å². The van der Waals surface area contributed by atoms with Crippen LogP contribution in [0.25, 0.3) is 0 Å². The molecular formula is C19H20N2O5. The SMILES string of the molecule is O=C(c1ncoc1C1CC1)N1CCC(Oc2ccccc2)(C(=O)O)CC1. The maximum Gasteiger partial charge on any atom is 0.348 e. The molecule has 136 valence electrons. The third-order valence-corrected chi connectivity index (χ3v) is 5.05. The molecule has 2 heterocycles. The topological polar surface area (TPSA) is 92.9 Å². The van der Waals surface area contributed by atoms with Gasteiger partial charge in [-0.3, -0.25) is 4.79 Å². The normalized spacial score (nSPS) is 19.2. The van der Waals surface area contributed by atoms with Gasteiger partial charge >= 0.3 is 5.97 Å². The Morgan fingerprint density at radius 1 is 1.19 bits per heavy atom. The molecule has 1 N–H and O–H groups in total. The Balaban J connectivity index is 1.47. The fourth-order valence-electron chi connectivity index (χ4n) is 3.35. The number of carbonyl (C=O) groups is 2. The second kappa shape index (κ2) is 6.48. The Morgan fingerprint density at radius 2 is 1.88 bits per heavy atom. The number of hydrogen-bond acceptors (Lipinski definition) is 5. The van der Waals surface area contributed by atoms with E-state index in [9.17, 15) is 14.7 Å². The molecule has 2 aliphatic rings. The Hall–Kier alpha value is -2.83. The summed E-state index contributed by atoms with van der Waals surface area (Å²) in [4.78, 5) is 30.4. The van der Waals surface area contributed by atoms with Gasteiger partial charge in [0.1, 0.15) is 11.5 Å². The van der Waals surface area contributed by atoms with Gasteiger partial charge in [-0.2, -0.15) is 0 Å². The molecule has 0 unspecified atom stereocenters. The summed E-state index contributed by atoms with van der Waals surface area (Å²) in [5, 5.41) is 9.73. The molecule has 0 atom stereocenters. The molecule has 26 heavy (non-hydrogen) atoms. The van der Waals surface area contributed by atoms with Gasteiger partial charge in [0.2, 0.25) is 5.60 Å². The van der Waals surface area contributed by atoms with Gasteiger partial charge in [0.05, 0.1) is 0 Å². The van der Waals surface area contributed by atoms with E-state index in [1.54, 1.807) is 29.2 Å². The number of carboxylic acid groups (broad SMARTS) is 1. The smallest absolute Gasteiger partial charge is 0.348 e.